The first-order valence-electron chi connectivity index (χ1n) is 30.8. The number of carboxylic acids is 2. The highest BCUT2D eigenvalue weighted by Gasteiger charge is 2.52. The topological polar surface area (TPSA) is 439 Å². The first kappa shape index (κ1) is 70.5. The van der Waals surface area contributed by atoms with Gasteiger partial charge >= 0.3 is 24.1 Å². The van der Waals surface area contributed by atoms with E-state index >= 15 is 0 Å². The number of fused-ring (bicyclic) bond motifs is 4. The first-order chi connectivity index (χ1) is 46.2. The van der Waals surface area contributed by atoms with E-state index in [9.17, 15) is 84.6 Å². The van der Waals surface area contributed by atoms with Crippen LogP contribution < -0.4 is 43.5 Å². The van der Waals surface area contributed by atoms with Crippen LogP contribution in [0.5, 0.6) is 34.5 Å². The number of unbranched alkanes of at least 4 members (excludes halogenated alkanes) is 2. The zero-order chi connectivity index (χ0) is 70.0. The van der Waals surface area contributed by atoms with E-state index in [0.717, 1.165) is 9.80 Å². The lowest BCUT2D eigenvalue weighted by atomic mass is 9.99. The quantitative estimate of drug-likeness (QED) is 0.0392. The molecule has 2 unspecified atom stereocenters. The Hall–Kier alpha value is -9.35. The van der Waals surface area contributed by atoms with Gasteiger partial charge in [-0.1, -0.05) is 42.5 Å². The van der Waals surface area contributed by atoms with Crippen molar-refractivity contribution < 1.29 is 132 Å². The lowest BCUT2D eigenvalue weighted by Gasteiger charge is -2.38. The maximum Gasteiger partial charge on any atom is 0.416 e. The van der Waals surface area contributed by atoms with Crippen molar-refractivity contribution in [3.05, 3.63) is 119 Å². The number of hydrogen-bond donors (Lipinski definition) is 11. The van der Waals surface area contributed by atoms with Crippen molar-refractivity contribution in [2.24, 2.45) is 0 Å². The maximum atomic E-state index is 14.5. The number of methoxy groups -OCH3 is 2. The lowest BCUT2D eigenvalue weighted by molar-refractivity contribution is -0.271. The SMILES string of the molecule is C=C1C[C@H]2C(O)N(C(=O)OCc3ccc(O[C@@H]4O[C@H](C(=O)O)[C@@H](O)[C@H](O)[C@H]4O)cc3)c3cc(OCCCCCOc4cc5c(cc4OC)C(=O)N4CC(=C)C[C@H]4C(O)N5C(=O)OCc4ccc(O[C@@H]5O[C@H](C(=O)O)[C@@H](O)[C@H](O)[C@H]5O)c(C(=O)NC(C)C)c4)c(OC)cc3C(=O)N2C1. The molecule has 0 spiro atoms. The van der Waals surface area contributed by atoms with Gasteiger partial charge in [-0.15, -0.1) is 0 Å². The van der Waals surface area contributed by atoms with E-state index in [4.69, 9.17) is 47.4 Å². The number of rotatable bonds is 22. The van der Waals surface area contributed by atoms with Crippen LogP contribution in [0.4, 0.5) is 21.0 Å². The molecular formula is C65H75N5O27. The first-order valence-corrected chi connectivity index (χ1v) is 30.8. The van der Waals surface area contributed by atoms with Crippen LogP contribution in [-0.2, 0) is 41.8 Å². The fourth-order valence-electron chi connectivity index (χ4n) is 12.1. The molecule has 0 radical (unpaired) electrons. The van der Waals surface area contributed by atoms with Crippen LogP contribution in [0.2, 0.25) is 0 Å². The summed E-state index contributed by atoms with van der Waals surface area (Å²) in [7, 11) is 2.72. The van der Waals surface area contributed by atoms with Gasteiger partial charge in [-0.25, -0.2) is 29.0 Å². The molecule has 6 aliphatic rings. The number of nitrogens with zero attached hydrogens (tertiary/aromatic N) is 4. The Morgan fingerprint density at radius 3 is 1.44 bits per heavy atom. The van der Waals surface area contributed by atoms with Gasteiger partial charge in [0, 0.05) is 31.3 Å². The third kappa shape index (κ3) is 14.7. The second-order valence-electron chi connectivity index (χ2n) is 24.2. The van der Waals surface area contributed by atoms with Gasteiger partial charge in [-0.3, -0.25) is 14.4 Å². The number of ether oxygens (including phenoxy) is 10. The molecule has 0 aliphatic carbocycles. The molecule has 0 aromatic heterocycles. The van der Waals surface area contributed by atoms with Gasteiger partial charge in [0.25, 0.3) is 17.7 Å². The highest BCUT2D eigenvalue weighted by atomic mass is 16.7. The number of carbonyl (C=O) groups excluding carboxylic acids is 5. The summed E-state index contributed by atoms with van der Waals surface area (Å²) in [6, 6.07) is 12.9. The van der Waals surface area contributed by atoms with Gasteiger partial charge in [-0.05, 0) is 93.5 Å². The smallest absolute Gasteiger partial charge is 0.416 e. The van der Waals surface area contributed by atoms with Crippen molar-refractivity contribution in [3.63, 3.8) is 0 Å². The number of aliphatic hydroxyl groups excluding tert-OH is 8. The minimum atomic E-state index is -2.01. The molecule has 11 N–H and O–H groups in total. The van der Waals surface area contributed by atoms with Gasteiger partial charge in [0.1, 0.15) is 61.3 Å². The fraction of sp³-hybridized carbons (Fsp3) is 0.462. The molecule has 4 aromatic carbocycles. The average molecular weight is 1360 g/mol. The molecule has 522 valence electrons. The molecule has 0 bridgehead atoms. The highest BCUT2D eigenvalue weighted by Crippen LogP contribution is 2.45. The minimum absolute atomic E-state index is 0.0109. The van der Waals surface area contributed by atoms with E-state index in [1.54, 1.807) is 13.8 Å². The number of nitrogens with one attached hydrogen (secondary N) is 1. The maximum absolute atomic E-state index is 14.5. The van der Waals surface area contributed by atoms with E-state index in [-0.39, 0.29) is 114 Å². The monoisotopic (exact) mass is 1360 g/mol. The van der Waals surface area contributed by atoms with Gasteiger partial charge in [0.05, 0.1) is 67.6 Å². The molecule has 4 fully saturated rings. The van der Waals surface area contributed by atoms with Crippen molar-refractivity contribution in [2.75, 3.05) is 50.3 Å². The Kier molecular flexibility index (Phi) is 21.5. The van der Waals surface area contributed by atoms with E-state index in [0.29, 0.717) is 36.0 Å². The van der Waals surface area contributed by atoms with E-state index < -0.39 is 140 Å². The van der Waals surface area contributed by atoms with Crippen LogP contribution in [0.1, 0.15) is 88.2 Å². The predicted octanol–water partition coefficient (Wildman–Crippen LogP) is 1.50. The third-order valence-corrected chi connectivity index (χ3v) is 17.0. The summed E-state index contributed by atoms with van der Waals surface area (Å²) in [6.07, 6.45) is -22.9. The van der Waals surface area contributed by atoms with Crippen LogP contribution in [0.15, 0.2) is 91.0 Å². The Balaban J connectivity index is 0.802. The second-order valence-corrected chi connectivity index (χ2v) is 24.2. The molecule has 5 amide bonds. The normalized spacial score (nSPS) is 26.8. The zero-order valence-corrected chi connectivity index (χ0v) is 52.9. The molecule has 6 heterocycles. The summed E-state index contributed by atoms with van der Waals surface area (Å²) in [6.45, 7) is 10.8. The molecule has 6 aliphatic heterocycles. The second kappa shape index (κ2) is 29.6. The summed E-state index contributed by atoms with van der Waals surface area (Å²) in [5.74, 6) is -4.80. The van der Waals surface area contributed by atoms with E-state index in [1.807, 2.05) is 0 Å². The highest BCUT2D eigenvalue weighted by molar-refractivity contribution is 6.07. The number of anilines is 2. The van der Waals surface area contributed by atoms with Gasteiger partial charge in [0.15, 0.2) is 47.7 Å². The number of hydrogen-bond acceptors (Lipinski definition) is 25. The molecule has 4 aromatic rings. The number of aliphatic carboxylic acids is 2. The molecule has 4 saturated heterocycles. The Labute approximate surface area is 553 Å². The van der Waals surface area contributed by atoms with Crippen molar-refractivity contribution in [2.45, 2.75) is 151 Å². The fourth-order valence-corrected chi connectivity index (χ4v) is 12.1. The van der Waals surface area contributed by atoms with Crippen LogP contribution in [0, 0.1) is 0 Å². The standard InChI is InChI=1S/C65H75N5O27/c1-29(2)66-55(77)37-20-33(12-15-42(37)95-63-52(76)48(72)50(74)54(97-63)61(84)85)28-93-65(87)70-39-24-46(44(89-6)22-36(39)57(79)68-26-31(4)19-41(68)59(70)81)91-17-9-7-8-16-90-45-23-38-35(21-43(45)88-5)56(78)67-25-30(3)18-40(67)58(80)69(38)64(86)92-27-32-10-13-34(14-11-32)94-62-51(75)47(71)49(73)53(96-62)60(82)83/h10-15,20-24,29,40-41,47-54,58-59,62-63,71-76,80-81H,3-4,7-9,16-19,25-28H2,1-2,5-6H3,(H,66,77)(H,82,83)(H,84,85)/t40-,41-,47-,48-,49-,50-,51+,52+,53-,54-,58?,59?,62+,63+/m0/s1. The van der Waals surface area contributed by atoms with Gasteiger partial charge in [0.2, 0.25) is 12.6 Å². The zero-order valence-electron chi connectivity index (χ0n) is 52.9. The largest absolute Gasteiger partial charge is 0.493 e. The van der Waals surface area contributed by atoms with E-state index in [1.165, 1.54) is 90.7 Å². The molecule has 32 heteroatoms. The summed E-state index contributed by atoms with van der Waals surface area (Å²) < 4.78 is 57.1. The van der Waals surface area contributed by atoms with Crippen LogP contribution >= 0.6 is 0 Å². The summed E-state index contributed by atoms with van der Waals surface area (Å²) >= 11 is 0. The molecule has 14 atom stereocenters. The summed E-state index contributed by atoms with van der Waals surface area (Å²) in [4.78, 5) is 98.9. The van der Waals surface area contributed by atoms with Gasteiger partial charge < -0.3 is 114 Å². The minimum Gasteiger partial charge on any atom is -0.493 e. The van der Waals surface area contributed by atoms with Crippen LogP contribution in [-0.4, -0.2) is 235 Å². The average Bonchev–Trinajstić information content (AvgIpc) is 1.66. The molecule has 32 nitrogen and oxygen atoms in total. The van der Waals surface area contributed by atoms with Gasteiger partial charge in [-0.2, -0.15) is 0 Å². The number of carbonyl (C=O) groups is 7. The third-order valence-electron chi connectivity index (χ3n) is 17.0. The number of benzene rings is 4. The number of aliphatic hydroxyl groups is 8. The van der Waals surface area contributed by atoms with E-state index in [2.05, 4.69) is 18.5 Å². The predicted molar refractivity (Wildman–Crippen MR) is 331 cm³/mol. The molecule has 0 saturated carbocycles. The number of carboxylic acid groups (broad SMARTS) is 2. The molecular weight excluding hydrogens is 1280 g/mol. The van der Waals surface area contributed by atoms with Crippen LogP contribution in [0.25, 0.3) is 0 Å². The summed E-state index contributed by atoms with van der Waals surface area (Å²) in [5, 5.41) is 108. The number of amides is 5. The molecule has 10 rings (SSSR count). The Morgan fingerprint density at radius 2 is 1.00 bits per heavy atom. The summed E-state index contributed by atoms with van der Waals surface area (Å²) in [5.41, 5.74) is 1.45. The van der Waals surface area contributed by atoms with Crippen LogP contribution in [0.3, 0.4) is 0 Å². The molecule has 97 heavy (non-hydrogen) atoms. The van der Waals surface area contributed by atoms with Crippen molar-refractivity contribution in [1.82, 2.24) is 15.1 Å². The Morgan fingerprint density at radius 1 is 0.557 bits per heavy atom. The van der Waals surface area contributed by atoms with Crippen molar-refractivity contribution in [1.29, 1.82) is 0 Å². The Bertz CT molecular complexity index is 3680. The van der Waals surface area contributed by atoms with Crippen molar-refractivity contribution in [3.8, 4) is 34.5 Å². The lowest BCUT2D eigenvalue weighted by Crippen LogP contribution is -2.61. The van der Waals surface area contributed by atoms with Crippen molar-refractivity contribution >= 4 is 53.2 Å².